The van der Waals surface area contributed by atoms with Crippen molar-refractivity contribution in [1.82, 2.24) is 10.6 Å². The summed E-state index contributed by atoms with van der Waals surface area (Å²) < 4.78 is 0. The van der Waals surface area contributed by atoms with Gasteiger partial charge >= 0.3 is 0 Å². The zero-order valence-corrected chi connectivity index (χ0v) is 33.0. The lowest BCUT2D eigenvalue weighted by molar-refractivity contribution is -0.246. The molecule has 286 valence electrons. The summed E-state index contributed by atoms with van der Waals surface area (Å²) in [6, 6.07) is 14.4. The first-order valence-corrected chi connectivity index (χ1v) is 20.4. The Morgan fingerprint density at radius 2 is 1.43 bits per heavy atom. The van der Waals surface area contributed by atoms with Crippen molar-refractivity contribution in [1.29, 1.82) is 0 Å². The van der Waals surface area contributed by atoms with E-state index in [9.17, 15) is 19.5 Å². The van der Waals surface area contributed by atoms with Crippen LogP contribution in [0, 0.1) is 56.7 Å². The molecule has 5 aliphatic rings. The van der Waals surface area contributed by atoms with Crippen molar-refractivity contribution >= 4 is 17.7 Å². The number of aliphatic hydroxyl groups is 1. The molecule has 0 aliphatic heterocycles. The van der Waals surface area contributed by atoms with Crippen molar-refractivity contribution in [3.05, 3.63) is 82.9 Å². The minimum atomic E-state index is -0.502. The van der Waals surface area contributed by atoms with Crippen molar-refractivity contribution in [2.75, 3.05) is 0 Å². The van der Waals surface area contributed by atoms with Crippen molar-refractivity contribution < 1.29 is 19.5 Å². The van der Waals surface area contributed by atoms with Crippen LogP contribution in [0.2, 0.25) is 0 Å². The minimum Gasteiger partial charge on any atom is -0.393 e. The minimum absolute atomic E-state index is 0.0639. The Bertz CT molecular complexity index is 1800. The molecule has 0 saturated heterocycles. The summed E-state index contributed by atoms with van der Waals surface area (Å²) in [7, 11) is 0. The Morgan fingerprint density at radius 3 is 2.11 bits per heavy atom. The van der Waals surface area contributed by atoms with Crippen LogP contribution in [-0.2, 0) is 17.9 Å². The van der Waals surface area contributed by atoms with Crippen LogP contribution in [0.1, 0.15) is 138 Å². The summed E-state index contributed by atoms with van der Waals surface area (Å²) in [6.07, 6.45) is 10.4. The third kappa shape index (κ3) is 5.90. The van der Waals surface area contributed by atoms with Gasteiger partial charge in [-0.2, -0.15) is 0 Å². The van der Waals surface area contributed by atoms with Crippen LogP contribution in [0.25, 0.3) is 0 Å². The third-order valence-corrected chi connectivity index (χ3v) is 16.8. The van der Waals surface area contributed by atoms with Gasteiger partial charge in [-0.3, -0.25) is 14.4 Å². The number of benzene rings is 2. The van der Waals surface area contributed by atoms with E-state index in [1.807, 2.05) is 24.3 Å². The van der Waals surface area contributed by atoms with Crippen LogP contribution in [0.5, 0.6) is 0 Å². The molecule has 0 radical (unpaired) electrons. The number of carbonyl (C=O) groups is 3. The van der Waals surface area contributed by atoms with Gasteiger partial charge in [0, 0.05) is 24.2 Å². The molecule has 5 aliphatic carbocycles. The average Bonchev–Trinajstić information content (AvgIpc) is 3.53. The number of aliphatic hydroxyl groups excluding tert-OH is 1. The van der Waals surface area contributed by atoms with Gasteiger partial charge in [-0.05, 0) is 158 Å². The molecule has 7 heteroatoms. The van der Waals surface area contributed by atoms with Gasteiger partial charge in [0.25, 0.3) is 5.91 Å². The van der Waals surface area contributed by atoms with Crippen LogP contribution in [0.4, 0.5) is 0 Å². The lowest BCUT2D eigenvalue weighted by Gasteiger charge is -2.72. The van der Waals surface area contributed by atoms with Gasteiger partial charge in [-0.15, -0.1) is 0 Å². The second-order valence-corrected chi connectivity index (χ2v) is 19.3. The van der Waals surface area contributed by atoms with Gasteiger partial charge in [0.05, 0.1) is 11.5 Å². The van der Waals surface area contributed by atoms with Crippen molar-refractivity contribution in [3.63, 3.8) is 0 Å². The Kier molecular flexibility index (Phi) is 9.56. The largest absolute Gasteiger partial charge is 0.393 e. The number of primary amides is 1. The number of carbonyl (C=O) groups excluding carboxylic acids is 3. The number of fused-ring (bicyclic) bond motifs is 7. The van der Waals surface area contributed by atoms with Gasteiger partial charge in [-0.25, -0.2) is 0 Å². The maximum absolute atomic E-state index is 14.7. The second kappa shape index (κ2) is 13.4. The monoisotopic (exact) mass is 721 g/mol. The molecule has 10 atom stereocenters. The van der Waals surface area contributed by atoms with Gasteiger partial charge in [0.2, 0.25) is 11.8 Å². The molecule has 0 aromatic heterocycles. The summed E-state index contributed by atoms with van der Waals surface area (Å²) in [5.74, 6) is 1.69. The average molecular weight is 722 g/mol. The number of amides is 3. The number of nitrogens with one attached hydrogen (secondary N) is 2. The molecule has 3 amide bonds. The van der Waals surface area contributed by atoms with Crippen LogP contribution in [0.15, 0.2) is 60.7 Å². The maximum Gasteiger partial charge on any atom is 0.251 e. The molecule has 5 N–H and O–H groups in total. The van der Waals surface area contributed by atoms with Crippen molar-refractivity contribution in [2.24, 2.45) is 62.4 Å². The molecule has 5 saturated carbocycles. The Balaban J connectivity index is 1.08. The van der Waals surface area contributed by atoms with E-state index in [0.29, 0.717) is 41.3 Å². The number of nitrogens with two attached hydrogens (primary N) is 1. The Labute approximate surface area is 317 Å². The topological polar surface area (TPSA) is 122 Å². The fraction of sp³-hybridized carbons (Fsp3) is 0.630. The molecule has 53 heavy (non-hydrogen) atoms. The molecular formula is C46H63N3O4. The standard InChI is InChI=1S/C46H63N3O4/c1-28(2)33-16-21-46(41(53)49-27-30-11-9-13-32(25-30)40(52)48-26-29-10-8-12-31(24-29)39(47)51)23-22-44(6)34(38(33)46)14-15-36-43(5)19-18-37(50)42(3,4)35(43)17-20-45(36,44)7/h8-13,24-25,33-38,50H,1,14-23,26-27H2,2-7H3,(H2,47,51)(H,48,52)(H,49,53)/t33-,34?,35?,36?,37-,38?,43-,44+,45+,46-/m0/s1. The van der Waals surface area contributed by atoms with E-state index in [0.717, 1.165) is 56.1 Å². The number of hydrogen-bond donors (Lipinski definition) is 4. The van der Waals surface area contributed by atoms with Crippen molar-refractivity contribution in [2.45, 2.75) is 125 Å². The molecule has 7 nitrogen and oxygen atoms in total. The molecule has 5 fully saturated rings. The van der Waals surface area contributed by atoms with E-state index in [1.165, 1.54) is 24.8 Å². The normalized spacial score (nSPS) is 38.3. The molecule has 7 rings (SSSR count). The zero-order valence-electron chi connectivity index (χ0n) is 33.0. The Hall–Kier alpha value is -3.45. The molecule has 4 unspecified atom stereocenters. The van der Waals surface area contributed by atoms with E-state index in [4.69, 9.17) is 5.73 Å². The SMILES string of the molecule is C=C(C)[C@@H]1CC[C@]2(C(=O)NCc3cccc(C(=O)NCc4cccc(C(N)=O)c4)c3)CC[C@]3(C)C(CCC4[C@@]5(C)CC[C@H](O)C(C)(C)C5CC[C@]43C)C12. The zero-order chi connectivity index (χ0) is 38.1. The molecule has 2 aromatic rings. The van der Waals surface area contributed by atoms with Crippen LogP contribution < -0.4 is 16.4 Å². The van der Waals surface area contributed by atoms with E-state index >= 15 is 0 Å². The highest BCUT2D eigenvalue weighted by atomic mass is 16.3. The number of hydrogen-bond acceptors (Lipinski definition) is 4. The highest BCUT2D eigenvalue weighted by molar-refractivity contribution is 5.95. The van der Waals surface area contributed by atoms with E-state index in [1.54, 1.807) is 24.3 Å². The van der Waals surface area contributed by atoms with E-state index in [-0.39, 0.29) is 52.0 Å². The first-order valence-electron chi connectivity index (χ1n) is 20.4. The lowest BCUT2D eigenvalue weighted by atomic mass is 9.32. The van der Waals surface area contributed by atoms with E-state index in [2.05, 4.69) is 58.8 Å². The second-order valence-electron chi connectivity index (χ2n) is 19.3. The maximum atomic E-state index is 14.7. The molecule has 0 heterocycles. The summed E-state index contributed by atoms with van der Waals surface area (Å²) in [5.41, 5.74) is 9.34. The molecule has 2 aromatic carbocycles. The predicted molar refractivity (Wildman–Crippen MR) is 209 cm³/mol. The first-order chi connectivity index (χ1) is 25.0. The third-order valence-electron chi connectivity index (χ3n) is 16.8. The summed E-state index contributed by atoms with van der Waals surface area (Å²) >= 11 is 0. The molecule has 0 spiro atoms. The van der Waals surface area contributed by atoms with Gasteiger partial charge in [0.15, 0.2) is 0 Å². The van der Waals surface area contributed by atoms with Crippen molar-refractivity contribution in [3.8, 4) is 0 Å². The molecule has 0 bridgehead atoms. The highest BCUT2D eigenvalue weighted by Crippen LogP contribution is 2.77. The Morgan fingerprint density at radius 1 is 0.774 bits per heavy atom. The highest BCUT2D eigenvalue weighted by Gasteiger charge is 2.71. The first kappa shape index (κ1) is 37.8. The predicted octanol–water partition coefficient (Wildman–Crippen LogP) is 8.35. The quantitative estimate of drug-likeness (QED) is 0.205. The van der Waals surface area contributed by atoms with Gasteiger partial charge in [-0.1, -0.05) is 71.0 Å². The number of rotatable bonds is 8. The van der Waals surface area contributed by atoms with Crippen LogP contribution in [-0.4, -0.2) is 28.9 Å². The van der Waals surface area contributed by atoms with Gasteiger partial charge < -0.3 is 21.5 Å². The smallest absolute Gasteiger partial charge is 0.251 e. The van der Waals surface area contributed by atoms with Crippen LogP contribution >= 0.6 is 0 Å². The summed E-state index contributed by atoms with van der Waals surface area (Å²) in [4.78, 5) is 39.4. The van der Waals surface area contributed by atoms with E-state index < -0.39 is 11.3 Å². The fourth-order valence-corrected chi connectivity index (χ4v) is 13.8. The summed E-state index contributed by atoms with van der Waals surface area (Å²) in [6.45, 7) is 19.8. The van der Waals surface area contributed by atoms with Crippen LogP contribution in [0.3, 0.4) is 0 Å². The molecular weight excluding hydrogens is 659 g/mol. The summed E-state index contributed by atoms with van der Waals surface area (Å²) in [5, 5.41) is 17.5. The fourth-order valence-electron chi connectivity index (χ4n) is 13.8. The van der Waals surface area contributed by atoms with Gasteiger partial charge in [0.1, 0.15) is 0 Å². The number of allylic oxidation sites excluding steroid dienone is 1. The lowest BCUT2D eigenvalue weighted by Crippen LogP contribution is -2.67.